The molecule has 0 aromatic carbocycles. The van der Waals surface area contributed by atoms with E-state index in [1.165, 1.54) is 23.2 Å². The second-order valence-corrected chi connectivity index (χ2v) is 4.04. The van der Waals surface area contributed by atoms with Gasteiger partial charge in [-0.2, -0.15) is 5.26 Å². The van der Waals surface area contributed by atoms with Crippen LogP contribution in [0.3, 0.4) is 0 Å². The number of hydrogen-bond acceptors (Lipinski definition) is 4. The molecule has 1 aromatic heterocycles. The molecule has 6 nitrogen and oxygen atoms in total. The summed E-state index contributed by atoms with van der Waals surface area (Å²) >= 11 is 0. The highest BCUT2D eigenvalue weighted by molar-refractivity contribution is 5.95. The summed E-state index contributed by atoms with van der Waals surface area (Å²) < 4.78 is 0. The lowest BCUT2D eigenvalue weighted by atomic mass is 10.2. The van der Waals surface area contributed by atoms with E-state index in [1.54, 1.807) is 0 Å². The van der Waals surface area contributed by atoms with Gasteiger partial charge in [0, 0.05) is 12.7 Å². The molecule has 1 aliphatic rings. The lowest BCUT2D eigenvalue weighted by Gasteiger charge is -2.20. The first kappa shape index (κ1) is 12.0. The number of amides is 1. The maximum Gasteiger partial charge on any atom is 0.326 e. The van der Waals surface area contributed by atoms with Crippen LogP contribution < -0.4 is 0 Å². The van der Waals surface area contributed by atoms with Gasteiger partial charge in [0.25, 0.3) is 5.91 Å². The molecule has 2 heterocycles. The quantitative estimate of drug-likeness (QED) is 0.825. The van der Waals surface area contributed by atoms with E-state index in [0.29, 0.717) is 24.9 Å². The number of pyridine rings is 1. The number of carbonyl (C=O) groups is 2. The molecule has 0 spiro atoms. The number of carboxylic acids is 1. The number of hydrogen-bond donors (Lipinski definition) is 1. The molecule has 1 fully saturated rings. The number of nitrogens with zero attached hydrogens (tertiary/aromatic N) is 3. The molecule has 6 heteroatoms. The number of likely N-dealkylation sites (tertiary alicyclic amines) is 1. The van der Waals surface area contributed by atoms with Crippen LogP contribution in [0, 0.1) is 11.3 Å². The molecule has 1 aliphatic heterocycles. The standard InChI is InChI=1S/C12H11N3O3/c13-6-8-3-4-9(14-7-8)11(16)15-5-1-2-10(15)12(17)18/h3-4,7,10H,1-2,5H2,(H,17,18)/t10-/m0/s1. The number of aliphatic carboxylic acids is 1. The number of carbonyl (C=O) groups excluding carboxylic acids is 1. The Morgan fingerprint density at radius 3 is 2.83 bits per heavy atom. The first-order valence-electron chi connectivity index (χ1n) is 5.53. The van der Waals surface area contributed by atoms with E-state index < -0.39 is 17.9 Å². The molecule has 1 saturated heterocycles. The lowest BCUT2D eigenvalue weighted by molar-refractivity contribution is -0.141. The molecule has 92 valence electrons. The van der Waals surface area contributed by atoms with E-state index in [9.17, 15) is 9.59 Å². The van der Waals surface area contributed by atoms with E-state index in [1.807, 2.05) is 6.07 Å². The van der Waals surface area contributed by atoms with Gasteiger partial charge in [-0.15, -0.1) is 0 Å². The van der Waals surface area contributed by atoms with Crippen LogP contribution in [-0.4, -0.2) is 39.5 Å². The van der Waals surface area contributed by atoms with Gasteiger partial charge in [0.1, 0.15) is 17.8 Å². The molecule has 0 aliphatic carbocycles. The molecule has 1 aromatic rings. The SMILES string of the molecule is N#Cc1ccc(C(=O)N2CCC[C@H]2C(=O)O)nc1. The fourth-order valence-corrected chi connectivity index (χ4v) is 2.00. The molecule has 2 rings (SSSR count). The second kappa shape index (κ2) is 4.84. The van der Waals surface area contributed by atoms with Crippen molar-refractivity contribution in [3.05, 3.63) is 29.6 Å². The van der Waals surface area contributed by atoms with E-state index in [4.69, 9.17) is 10.4 Å². The predicted molar refractivity (Wildman–Crippen MR) is 60.6 cm³/mol. The zero-order chi connectivity index (χ0) is 13.1. The van der Waals surface area contributed by atoms with Crippen molar-refractivity contribution in [2.75, 3.05) is 6.54 Å². The van der Waals surface area contributed by atoms with Crippen molar-refractivity contribution in [2.45, 2.75) is 18.9 Å². The molecular weight excluding hydrogens is 234 g/mol. The summed E-state index contributed by atoms with van der Waals surface area (Å²) in [6, 6.07) is 4.07. The summed E-state index contributed by atoms with van der Waals surface area (Å²) in [7, 11) is 0. The second-order valence-electron chi connectivity index (χ2n) is 4.04. The van der Waals surface area contributed by atoms with Crippen LogP contribution in [0.1, 0.15) is 28.9 Å². The van der Waals surface area contributed by atoms with Crippen LogP contribution >= 0.6 is 0 Å². The third kappa shape index (κ3) is 2.15. The monoisotopic (exact) mass is 245 g/mol. The van der Waals surface area contributed by atoms with Crippen LogP contribution in [0.5, 0.6) is 0 Å². The number of carboxylic acid groups (broad SMARTS) is 1. The van der Waals surface area contributed by atoms with Crippen LogP contribution in [-0.2, 0) is 4.79 Å². The number of rotatable bonds is 2. The van der Waals surface area contributed by atoms with Crippen molar-refractivity contribution in [3.8, 4) is 6.07 Å². The minimum Gasteiger partial charge on any atom is -0.480 e. The Morgan fingerprint density at radius 1 is 1.50 bits per heavy atom. The fourth-order valence-electron chi connectivity index (χ4n) is 2.00. The smallest absolute Gasteiger partial charge is 0.326 e. The van der Waals surface area contributed by atoms with Crippen molar-refractivity contribution in [3.63, 3.8) is 0 Å². The van der Waals surface area contributed by atoms with Gasteiger partial charge in [-0.25, -0.2) is 9.78 Å². The molecule has 0 saturated carbocycles. The van der Waals surface area contributed by atoms with Gasteiger partial charge in [0.15, 0.2) is 0 Å². The minimum atomic E-state index is -0.991. The topological polar surface area (TPSA) is 94.3 Å². The van der Waals surface area contributed by atoms with Gasteiger partial charge >= 0.3 is 5.97 Å². The highest BCUT2D eigenvalue weighted by Crippen LogP contribution is 2.19. The predicted octanol–water partition coefficient (Wildman–Crippen LogP) is 0.642. The Balaban J connectivity index is 2.20. The van der Waals surface area contributed by atoms with E-state index in [0.717, 1.165) is 0 Å². The Kier molecular flexibility index (Phi) is 3.24. The third-order valence-corrected chi connectivity index (χ3v) is 2.91. The molecular formula is C12H11N3O3. The maximum atomic E-state index is 12.1. The molecule has 18 heavy (non-hydrogen) atoms. The summed E-state index contributed by atoms with van der Waals surface area (Å²) in [4.78, 5) is 28.3. The number of nitriles is 1. The van der Waals surface area contributed by atoms with Crippen LogP contribution in [0.4, 0.5) is 0 Å². The largest absolute Gasteiger partial charge is 0.480 e. The van der Waals surface area contributed by atoms with E-state index in [2.05, 4.69) is 4.98 Å². The Hall–Kier alpha value is -2.42. The van der Waals surface area contributed by atoms with Crippen LogP contribution in [0.2, 0.25) is 0 Å². The number of aromatic nitrogens is 1. The van der Waals surface area contributed by atoms with Gasteiger partial charge in [-0.1, -0.05) is 0 Å². The first-order chi connectivity index (χ1) is 8.63. The van der Waals surface area contributed by atoms with Gasteiger partial charge in [0.2, 0.25) is 0 Å². The van der Waals surface area contributed by atoms with Crippen LogP contribution in [0.15, 0.2) is 18.3 Å². The highest BCUT2D eigenvalue weighted by Gasteiger charge is 2.34. The zero-order valence-electron chi connectivity index (χ0n) is 9.54. The average molecular weight is 245 g/mol. The lowest BCUT2D eigenvalue weighted by Crippen LogP contribution is -2.40. The summed E-state index contributed by atoms with van der Waals surface area (Å²) in [5.74, 6) is -1.39. The van der Waals surface area contributed by atoms with Gasteiger partial charge in [-0.05, 0) is 25.0 Å². The maximum absolute atomic E-state index is 12.1. The molecule has 1 N–H and O–H groups in total. The van der Waals surface area contributed by atoms with Crippen molar-refractivity contribution in [2.24, 2.45) is 0 Å². The van der Waals surface area contributed by atoms with Crippen LogP contribution in [0.25, 0.3) is 0 Å². The fraction of sp³-hybridized carbons (Fsp3) is 0.333. The Morgan fingerprint density at radius 2 is 2.28 bits per heavy atom. The van der Waals surface area contributed by atoms with Crippen molar-refractivity contribution >= 4 is 11.9 Å². The van der Waals surface area contributed by atoms with E-state index in [-0.39, 0.29) is 5.69 Å². The first-order valence-corrected chi connectivity index (χ1v) is 5.53. The van der Waals surface area contributed by atoms with Gasteiger partial charge in [0.05, 0.1) is 5.56 Å². The third-order valence-electron chi connectivity index (χ3n) is 2.91. The Bertz CT molecular complexity index is 518. The van der Waals surface area contributed by atoms with Crippen molar-refractivity contribution in [1.82, 2.24) is 9.88 Å². The molecule has 1 amide bonds. The summed E-state index contributed by atoms with van der Waals surface area (Å²) in [5.41, 5.74) is 0.532. The summed E-state index contributed by atoms with van der Waals surface area (Å²) in [6.45, 7) is 0.428. The summed E-state index contributed by atoms with van der Waals surface area (Å²) in [5, 5.41) is 17.6. The normalized spacial score (nSPS) is 18.4. The molecule has 1 atom stereocenters. The highest BCUT2D eigenvalue weighted by atomic mass is 16.4. The van der Waals surface area contributed by atoms with Gasteiger partial charge in [-0.3, -0.25) is 4.79 Å². The minimum absolute atomic E-state index is 0.169. The van der Waals surface area contributed by atoms with Crippen molar-refractivity contribution in [1.29, 1.82) is 5.26 Å². The molecule has 0 unspecified atom stereocenters. The van der Waals surface area contributed by atoms with Crippen molar-refractivity contribution < 1.29 is 14.7 Å². The summed E-state index contributed by atoms with van der Waals surface area (Å²) in [6.07, 6.45) is 2.45. The van der Waals surface area contributed by atoms with E-state index >= 15 is 0 Å². The molecule has 0 radical (unpaired) electrons. The average Bonchev–Trinajstić information content (AvgIpc) is 2.87. The zero-order valence-corrected chi connectivity index (χ0v) is 9.54. The molecule has 0 bridgehead atoms. The Labute approximate surface area is 103 Å². The van der Waals surface area contributed by atoms with Gasteiger partial charge < -0.3 is 10.0 Å².